The van der Waals surface area contributed by atoms with Crippen LogP contribution >= 0.6 is 11.6 Å². The van der Waals surface area contributed by atoms with Gasteiger partial charge in [-0.1, -0.05) is 36.6 Å². The van der Waals surface area contributed by atoms with E-state index in [9.17, 15) is 9.59 Å². The number of hydrogen-bond donors (Lipinski definition) is 2. The summed E-state index contributed by atoms with van der Waals surface area (Å²) in [6.45, 7) is 0. The minimum absolute atomic E-state index is 0.183. The molecular weight excluding hydrogens is 290 g/mol. The van der Waals surface area contributed by atoms with Gasteiger partial charge in [0.15, 0.2) is 0 Å². The average molecular weight is 310 g/mol. The standard InChI is InChI=1S/C16H20ClNO3/c17-13-8-6-11(7-9-13)2-1-3-15(19)18-14(16(20)21)10-12-4-5-12/h6-9,12,14H,1-5,10H2,(H,18,19)(H,20,21). The molecule has 0 saturated heterocycles. The third-order valence-electron chi connectivity index (χ3n) is 3.68. The van der Waals surface area contributed by atoms with E-state index in [4.69, 9.17) is 16.7 Å². The summed E-state index contributed by atoms with van der Waals surface area (Å²) in [7, 11) is 0. The minimum Gasteiger partial charge on any atom is -0.480 e. The Kier molecular flexibility index (Phi) is 5.62. The Morgan fingerprint density at radius 2 is 1.95 bits per heavy atom. The second-order valence-electron chi connectivity index (χ2n) is 5.62. The summed E-state index contributed by atoms with van der Waals surface area (Å²) in [4.78, 5) is 22.9. The number of benzene rings is 1. The number of aryl methyl sites for hydroxylation is 1. The fourth-order valence-electron chi connectivity index (χ4n) is 2.28. The van der Waals surface area contributed by atoms with E-state index in [1.807, 2.05) is 24.3 Å². The summed E-state index contributed by atoms with van der Waals surface area (Å²) in [6.07, 6.45) is 4.54. The Bertz CT molecular complexity index is 497. The first-order valence-corrected chi connectivity index (χ1v) is 7.69. The van der Waals surface area contributed by atoms with Crippen molar-refractivity contribution >= 4 is 23.5 Å². The number of carboxylic acid groups (broad SMARTS) is 1. The third-order valence-corrected chi connectivity index (χ3v) is 3.93. The lowest BCUT2D eigenvalue weighted by molar-refractivity contribution is -0.142. The van der Waals surface area contributed by atoms with Gasteiger partial charge in [-0.15, -0.1) is 0 Å². The molecule has 0 radical (unpaired) electrons. The molecule has 21 heavy (non-hydrogen) atoms. The molecule has 0 bridgehead atoms. The molecule has 1 fully saturated rings. The quantitative estimate of drug-likeness (QED) is 0.775. The maximum Gasteiger partial charge on any atom is 0.326 e. The number of carboxylic acids is 1. The number of carbonyl (C=O) groups excluding carboxylic acids is 1. The summed E-state index contributed by atoms with van der Waals surface area (Å²) in [5, 5.41) is 12.4. The van der Waals surface area contributed by atoms with Crippen molar-refractivity contribution < 1.29 is 14.7 Å². The second kappa shape index (κ2) is 7.46. The van der Waals surface area contributed by atoms with Crippen LogP contribution in [0.2, 0.25) is 5.02 Å². The van der Waals surface area contributed by atoms with Crippen LogP contribution in [0.15, 0.2) is 24.3 Å². The fourth-order valence-corrected chi connectivity index (χ4v) is 2.40. The van der Waals surface area contributed by atoms with Gasteiger partial charge in [0.25, 0.3) is 0 Å². The molecule has 1 saturated carbocycles. The molecular formula is C16H20ClNO3. The molecule has 1 aromatic rings. The van der Waals surface area contributed by atoms with Crippen LogP contribution in [-0.4, -0.2) is 23.0 Å². The number of halogens is 1. The lowest BCUT2D eigenvalue weighted by Crippen LogP contribution is -2.41. The predicted molar refractivity (Wildman–Crippen MR) is 81.3 cm³/mol. The molecule has 0 aromatic heterocycles. The molecule has 114 valence electrons. The molecule has 0 aliphatic heterocycles. The van der Waals surface area contributed by atoms with Crippen LogP contribution in [0.1, 0.15) is 37.7 Å². The molecule has 1 atom stereocenters. The first kappa shape index (κ1) is 15.8. The zero-order valence-electron chi connectivity index (χ0n) is 11.8. The molecule has 2 rings (SSSR count). The van der Waals surface area contributed by atoms with Gasteiger partial charge in [-0.25, -0.2) is 4.79 Å². The Morgan fingerprint density at radius 1 is 1.29 bits per heavy atom. The molecule has 1 aliphatic carbocycles. The Balaban J connectivity index is 1.70. The topological polar surface area (TPSA) is 66.4 Å². The predicted octanol–water partition coefficient (Wildman–Crippen LogP) is 3.03. The van der Waals surface area contributed by atoms with Crippen molar-refractivity contribution in [3.05, 3.63) is 34.9 Å². The van der Waals surface area contributed by atoms with Crippen molar-refractivity contribution in [1.29, 1.82) is 0 Å². The summed E-state index contributed by atoms with van der Waals surface area (Å²) in [5.74, 6) is -0.648. The Hall–Kier alpha value is -1.55. The minimum atomic E-state index is -0.937. The van der Waals surface area contributed by atoms with Gasteiger partial charge < -0.3 is 10.4 Å². The van der Waals surface area contributed by atoms with Gasteiger partial charge in [0, 0.05) is 11.4 Å². The number of nitrogens with one attached hydrogen (secondary N) is 1. The first-order chi connectivity index (χ1) is 10.0. The van der Waals surface area contributed by atoms with Crippen molar-refractivity contribution in [2.24, 2.45) is 5.92 Å². The lowest BCUT2D eigenvalue weighted by atomic mass is 10.1. The van der Waals surface area contributed by atoms with Gasteiger partial charge in [0.2, 0.25) is 5.91 Å². The zero-order valence-corrected chi connectivity index (χ0v) is 12.6. The highest BCUT2D eigenvalue weighted by Crippen LogP contribution is 2.33. The molecule has 2 N–H and O–H groups in total. The van der Waals surface area contributed by atoms with Crippen LogP contribution in [0.25, 0.3) is 0 Å². The van der Waals surface area contributed by atoms with Crippen molar-refractivity contribution in [3.63, 3.8) is 0 Å². The van der Waals surface area contributed by atoms with Crippen LogP contribution in [-0.2, 0) is 16.0 Å². The van der Waals surface area contributed by atoms with E-state index in [2.05, 4.69) is 5.32 Å². The van der Waals surface area contributed by atoms with Gasteiger partial charge in [-0.05, 0) is 42.9 Å². The highest BCUT2D eigenvalue weighted by atomic mass is 35.5. The largest absolute Gasteiger partial charge is 0.480 e. The van der Waals surface area contributed by atoms with E-state index in [0.29, 0.717) is 30.2 Å². The van der Waals surface area contributed by atoms with E-state index in [1.165, 1.54) is 0 Å². The molecule has 1 aromatic carbocycles. The van der Waals surface area contributed by atoms with Crippen LogP contribution in [0.4, 0.5) is 0 Å². The number of hydrogen-bond acceptors (Lipinski definition) is 2. The van der Waals surface area contributed by atoms with E-state index in [0.717, 1.165) is 24.8 Å². The average Bonchev–Trinajstić information content (AvgIpc) is 3.24. The van der Waals surface area contributed by atoms with Crippen LogP contribution in [0, 0.1) is 5.92 Å². The molecule has 5 heteroatoms. The summed E-state index contributed by atoms with van der Waals surface area (Å²) in [6, 6.07) is 6.79. The molecule has 0 heterocycles. The first-order valence-electron chi connectivity index (χ1n) is 7.31. The Labute approximate surface area is 129 Å². The van der Waals surface area contributed by atoms with Crippen molar-refractivity contribution in [1.82, 2.24) is 5.32 Å². The van der Waals surface area contributed by atoms with Gasteiger partial charge in [-0.3, -0.25) is 4.79 Å². The maximum absolute atomic E-state index is 11.8. The number of aliphatic carboxylic acids is 1. The van der Waals surface area contributed by atoms with E-state index in [-0.39, 0.29) is 5.91 Å². The molecule has 1 amide bonds. The Morgan fingerprint density at radius 3 is 2.52 bits per heavy atom. The molecule has 4 nitrogen and oxygen atoms in total. The SMILES string of the molecule is O=C(CCCc1ccc(Cl)cc1)NC(CC1CC1)C(=O)O. The second-order valence-corrected chi connectivity index (χ2v) is 6.05. The van der Waals surface area contributed by atoms with Gasteiger partial charge in [0.1, 0.15) is 6.04 Å². The lowest BCUT2D eigenvalue weighted by Gasteiger charge is -2.14. The van der Waals surface area contributed by atoms with E-state index >= 15 is 0 Å². The summed E-state index contributed by atoms with van der Waals surface area (Å²) < 4.78 is 0. The summed E-state index contributed by atoms with van der Waals surface area (Å²) >= 11 is 5.81. The fraction of sp³-hybridized carbons (Fsp3) is 0.500. The third kappa shape index (κ3) is 5.76. The van der Waals surface area contributed by atoms with Gasteiger partial charge in [-0.2, -0.15) is 0 Å². The summed E-state index contributed by atoms with van der Waals surface area (Å²) in [5.41, 5.74) is 1.12. The maximum atomic E-state index is 11.8. The van der Waals surface area contributed by atoms with Crippen LogP contribution in [0.5, 0.6) is 0 Å². The molecule has 1 aliphatic rings. The van der Waals surface area contributed by atoms with E-state index in [1.54, 1.807) is 0 Å². The zero-order chi connectivity index (χ0) is 15.2. The normalized spacial score (nSPS) is 15.5. The van der Waals surface area contributed by atoms with Gasteiger partial charge in [0.05, 0.1) is 0 Å². The monoisotopic (exact) mass is 309 g/mol. The number of rotatable bonds is 8. The molecule has 0 spiro atoms. The van der Waals surface area contributed by atoms with Crippen molar-refractivity contribution in [3.8, 4) is 0 Å². The van der Waals surface area contributed by atoms with Gasteiger partial charge >= 0.3 is 5.97 Å². The van der Waals surface area contributed by atoms with Crippen LogP contribution in [0.3, 0.4) is 0 Å². The van der Waals surface area contributed by atoms with E-state index < -0.39 is 12.0 Å². The highest BCUT2D eigenvalue weighted by Gasteiger charge is 2.29. The number of carbonyl (C=O) groups is 2. The number of amides is 1. The van der Waals surface area contributed by atoms with Crippen molar-refractivity contribution in [2.75, 3.05) is 0 Å². The van der Waals surface area contributed by atoms with Crippen molar-refractivity contribution in [2.45, 2.75) is 44.6 Å². The van der Waals surface area contributed by atoms with Crippen LogP contribution < -0.4 is 5.32 Å². The smallest absolute Gasteiger partial charge is 0.326 e. The highest BCUT2D eigenvalue weighted by molar-refractivity contribution is 6.30. The molecule has 1 unspecified atom stereocenters.